The minimum atomic E-state index is 0.540. The van der Waals surface area contributed by atoms with Gasteiger partial charge >= 0.3 is 0 Å². The van der Waals surface area contributed by atoms with Crippen LogP contribution in [0, 0.1) is 11.3 Å². The van der Waals surface area contributed by atoms with E-state index in [1.54, 1.807) is 25.6 Å². The van der Waals surface area contributed by atoms with Crippen LogP contribution >= 0.6 is 0 Å². The van der Waals surface area contributed by atoms with E-state index in [1.807, 2.05) is 17.7 Å². The van der Waals surface area contributed by atoms with Crippen LogP contribution in [-0.2, 0) is 13.6 Å². The van der Waals surface area contributed by atoms with Crippen LogP contribution in [0.2, 0.25) is 0 Å². The van der Waals surface area contributed by atoms with Gasteiger partial charge < -0.3 is 14.6 Å². The second-order valence-corrected chi connectivity index (χ2v) is 3.74. The number of aryl methyl sites for hydroxylation is 1. The Kier molecular flexibility index (Phi) is 3.44. The van der Waals surface area contributed by atoms with E-state index < -0.39 is 0 Å². The van der Waals surface area contributed by atoms with Crippen molar-refractivity contribution in [1.82, 2.24) is 14.8 Å². The van der Waals surface area contributed by atoms with E-state index in [4.69, 9.17) is 10.00 Å². The first-order valence-corrected chi connectivity index (χ1v) is 5.39. The lowest BCUT2D eigenvalue weighted by Crippen LogP contribution is -2.06. The molecule has 0 fully saturated rings. The number of hydrogen-bond donors (Lipinski definition) is 1. The highest BCUT2D eigenvalue weighted by Gasteiger charge is 2.06. The Morgan fingerprint density at radius 3 is 2.94 bits per heavy atom. The summed E-state index contributed by atoms with van der Waals surface area (Å²) in [7, 11) is 3.46. The summed E-state index contributed by atoms with van der Waals surface area (Å²) in [4.78, 5) is 0. The van der Waals surface area contributed by atoms with Crippen molar-refractivity contribution in [2.75, 3.05) is 12.4 Å². The number of aromatic nitrogens is 3. The highest BCUT2D eigenvalue weighted by molar-refractivity contribution is 5.59. The van der Waals surface area contributed by atoms with Crippen molar-refractivity contribution in [3.05, 3.63) is 35.9 Å². The average molecular weight is 243 g/mol. The molecule has 1 aromatic carbocycles. The summed E-state index contributed by atoms with van der Waals surface area (Å²) in [5.74, 6) is 1.46. The zero-order chi connectivity index (χ0) is 13.0. The van der Waals surface area contributed by atoms with E-state index >= 15 is 0 Å². The van der Waals surface area contributed by atoms with Crippen LogP contribution in [0.5, 0.6) is 5.75 Å². The zero-order valence-electron chi connectivity index (χ0n) is 10.2. The lowest BCUT2D eigenvalue weighted by molar-refractivity contribution is 0.416. The molecule has 0 aliphatic carbocycles. The van der Waals surface area contributed by atoms with Gasteiger partial charge in [-0.25, -0.2) is 0 Å². The van der Waals surface area contributed by atoms with Crippen LogP contribution in [0.1, 0.15) is 11.4 Å². The van der Waals surface area contributed by atoms with Gasteiger partial charge in [0.05, 0.1) is 31.0 Å². The van der Waals surface area contributed by atoms with Crippen molar-refractivity contribution in [2.24, 2.45) is 7.05 Å². The molecule has 18 heavy (non-hydrogen) atoms. The molecule has 0 saturated carbocycles. The van der Waals surface area contributed by atoms with Gasteiger partial charge in [0, 0.05) is 13.1 Å². The number of benzene rings is 1. The van der Waals surface area contributed by atoms with Crippen LogP contribution in [0.15, 0.2) is 24.5 Å². The second kappa shape index (κ2) is 5.19. The van der Waals surface area contributed by atoms with E-state index in [2.05, 4.69) is 21.6 Å². The zero-order valence-corrected chi connectivity index (χ0v) is 10.2. The molecule has 0 unspecified atom stereocenters. The summed E-state index contributed by atoms with van der Waals surface area (Å²) < 4.78 is 7.07. The fourth-order valence-corrected chi connectivity index (χ4v) is 1.55. The number of anilines is 1. The van der Waals surface area contributed by atoms with Gasteiger partial charge in [-0.05, 0) is 12.1 Å². The first kappa shape index (κ1) is 11.9. The minimum Gasteiger partial charge on any atom is -0.495 e. The van der Waals surface area contributed by atoms with Crippen molar-refractivity contribution in [2.45, 2.75) is 6.54 Å². The van der Waals surface area contributed by atoms with Gasteiger partial charge in [0.1, 0.15) is 12.1 Å². The Morgan fingerprint density at radius 2 is 2.33 bits per heavy atom. The summed E-state index contributed by atoms with van der Waals surface area (Å²) in [6.07, 6.45) is 1.65. The number of rotatable bonds is 4. The number of methoxy groups -OCH3 is 1. The molecule has 1 N–H and O–H groups in total. The Hall–Kier alpha value is -2.55. The first-order valence-electron chi connectivity index (χ1n) is 5.39. The Labute approximate surface area is 105 Å². The molecule has 0 saturated heterocycles. The summed E-state index contributed by atoms with van der Waals surface area (Å²) in [6, 6.07) is 7.32. The van der Waals surface area contributed by atoms with Crippen molar-refractivity contribution in [1.29, 1.82) is 5.26 Å². The minimum absolute atomic E-state index is 0.540. The molecule has 0 bridgehead atoms. The largest absolute Gasteiger partial charge is 0.495 e. The number of nitrogens with one attached hydrogen (secondary N) is 1. The van der Waals surface area contributed by atoms with Gasteiger partial charge in [-0.3, -0.25) is 0 Å². The van der Waals surface area contributed by atoms with E-state index in [9.17, 15) is 0 Å². The molecule has 0 atom stereocenters. The monoisotopic (exact) mass is 243 g/mol. The first-order chi connectivity index (χ1) is 8.74. The fraction of sp³-hybridized carbons (Fsp3) is 0.250. The average Bonchev–Trinajstić information content (AvgIpc) is 2.81. The Bertz CT molecular complexity index is 584. The Balaban J connectivity index is 2.15. The molecule has 6 nitrogen and oxygen atoms in total. The summed E-state index contributed by atoms with van der Waals surface area (Å²) in [6.45, 7) is 0.540. The number of nitriles is 1. The van der Waals surface area contributed by atoms with Gasteiger partial charge in [0.2, 0.25) is 0 Å². The second-order valence-electron chi connectivity index (χ2n) is 3.74. The SMILES string of the molecule is COc1cc(C#N)ccc1NCc1nncn1C. The van der Waals surface area contributed by atoms with E-state index in [0.29, 0.717) is 17.9 Å². The van der Waals surface area contributed by atoms with E-state index in [1.165, 1.54) is 0 Å². The standard InChI is InChI=1S/C12H13N5O/c1-17-8-15-16-12(17)7-14-10-4-3-9(6-13)5-11(10)18-2/h3-5,8,14H,7H2,1-2H3. The maximum atomic E-state index is 8.82. The van der Waals surface area contributed by atoms with E-state index in [0.717, 1.165) is 11.5 Å². The number of nitrogens with zero attached hydrogens (tertiary/aromatic N) is 4. The fourth-order valence-electron chi connectivity index (χ4n) is 1.55. The third kappa shape index (κ3) is 2.40. The van der Waals surface area contributed by atoms with Crippen molar-refractivity contribution in [3.8, 4) is 11.8 Å². The molecular formula is C12H13N5O. The summed E-state index contributed by atoms with van der Waals surface area (Å²) in [5.41, 5.74) is 1.38. The third-order valence-corrected chi connectivity index (χ3v) is 2.57. The molecule has 92 valence electrons. The molecule has 6 heteroatoms. The molecule has 0 amide bonds. The van der Waals surface area contributed by atoms with Gasteiger partial charge in [-0.15, -0.1) is 10.2 Å². The lowest BCUT2D eigenvalue weighted by atomic mass is 10.2. The van der Waals surface area contributed by atoms with Crippen LogP contribution < -0.4 is 10.1 Å². The van der Waals surface area contributed by atoms with E-state index in [-0.39, 0.29) is 0 Å². The van der Waals surface area contributed by atoms with Crippen LogP contribution in [0.4, 0.5) is 5.69 Å². The van der Waals surface area contributed by atoms with Crippen molar-refractivity contribution >= 4 is 5.69 Å². The van der Waals surface area contributed by atoms with Gasteiger partial charge in [-0.2, -0.15) is 5.26 Å². The molecule has 2 rings (SSSR count). The maximum absolute atomic E-state index is 8.82. The highest BCUT2D eigenvalue weighted by atomic mass is 16.5. The molecule has 0 spiro atoms. The van der Waals surface area contributed by atoms with Gasteiger partial charge in [0.25, 0.3) is 0 Å². The van der Waals surface area contributed by atoms with Crippen LogP contribution in [-0.4, -0.2) is 21.9 Å². The molecule has 0 radical (unpaired) electrons. The molecular weight excluding hydrogens is 230 g/mol. The molecule has 1 heterocycles. The molecule has 1 aromatic heterocycles. The predicted octanol–water partition coefficient (Wildman–Crippen LogP) is 1.31. The van der Waals surface area contributed by atoms with Gasteiger partial charge in [0.15, 0.2) is 5.82 Å². The lowest BCUT2D eigenvalue weighted by Gasteiger charge is -2.10. The highest BCUT2D eigenvalue weighted by Crippen LogP contribution is 2.25. The summed E-state index contributed by atoms with van der Waals surface area (Å²) >= 11 is 0. The van der Waals surface area contributed by atoms with Crippen molar-refractivity contribution in [3.63, 3.8) is 0 Å². The predicted molar refractivity (Wildman–Crippen MR) is 66.0 cm³/mol. The molecule has 2 aromatic rings. The topological polar surface area (TPSA) is 75.8 Å². The van der Waals surface area contributed by atoms with Crippen molar-refractivity contribution < 1.29 is 4.74 Å². The number of hydrogen-bond acceptors (Lipinski definition) is 5. The van der Waals surface area contributed by atoms with Crippen LogP contribution in [0.3, 0.4) is 0 Å². The quantitative estimate of drug-likeness (QED) is 0.876. The molecule has 0 aliphatic rings. The van der Waals surface area contributed by atoms with Gasteiger partial charge in [-0.1, -0.05) is 0 Å². The summed E-state index contributed by atoms with van der Waals surface area (Å²) in [5, 5.41) is 19.8. The maximum Gasteiger partial charge on any atom is 0.151 e. The Morgan fingerprint density at radius 1 is 1.50 bits per heavy atom. The normalized spacial score (nSPS) is 9.83. The third-order valence-electron chi connectivity index (χ3n) is 2.57. The molecule has 0 aliphatic heterocycles. The van der Waals surface area contributed by atoms with Crippen LogP contribution in [0.25, 0.3) is 0 Å². The number of ether oxygens (including phenoxy) is 1. The smallest absolute Gasteiger partial charge is 0.151 e.